The summed E-state index contributed by atoms with van der Waals surface area (Å²) >= 11 is 0. The van der Waals surface area contributed by atoms with Gasteiger partial charge in [0.05, 0.1) is 17.7 Å². The number of rotatable bonds is 6. The predicted octanol–water partition coefficient (Wildman–Crippen LogP) is 2.31. The van der Waals surface area contributed by atoms with E-state index in [1.54, 1.807) is 41.2 Å². The smallest absolute Gasteiger partial charge is 0.291 e. The summed E-state index contributed by atoms with van der Waals surface area (Å²) in [6.07, 6.45) is 3.04. The summed E-state index contributed by atoms with van der Waals surface area (Å²) in [6, 6.07) is 14.1. The average molecular weight is 365 g/mol. The Balaban J connectivity index is 1.59. The van der Waals surface area contributed by atoms with E-state index in [1.807, 2.05) is 0 Å². The molecule has 9 heteroatoms. The van der Waals surface area contributed by atoms with Crippen LogP contribution < -0.4 is 5.43 Å². The molecule has 0 aliphatic rings. The Morgan fingerprint density at radius 3 is 2.74 bits per heavy atom. The van der Waals surface area contributed by atoms with Gasteiger partial charge >= 0.3 is 0 Å². The number of carbonyl (C=O) groups is 1. The van der Waals surface area contributed by atoms with Crippen molar-refractivity contribution in [1.82, 2.24) is 15.2 Å². The number of nitro groups is 1. The van der Waals surface area contributed by atoms with E-state index in [4.69, 9.17) is 0 Å². The molecule has 2 N–H and O–H groups in total. The molecule has 136 valence electrons. The Morgan fingerprint density at radius 1 is 1.26 bits per heavy atom. The number of phenolic OH excluding ortho intramolecular Hbond substituents is 1. The molecule has 0 bridgehead atoms. The van der Waals surface area contributed by atoms with Crippen LogP contribution in [0.3, 0.4) is 0 Å². The molecule has 27 heavy (non-hydrogen) atoms. The fourth-order valence-electron chi connectivity index (χ4n) is 2.31. The van der Waals surface area contributed by atoms with Gasteiger partial charge in [-0.3, -0.25) is 19.6 Å². The van der Waals surface area contributed by atoms with Gasteiger partial charge in [-0.25, -0.2) is 5.43 Å². The number of carbonyl (C=O) groups excluding carboxylic acids is 1. The van der Waals surface area contributed by atoms with Gasteiger partial charge in [0.15, 0.2) is 5.69 Å². The van der Waals surface area contributed by atoms with Crippen molar-refractivity contribution in [2.24, 2.45) is 5.10 Å². The Morgan fingerprint density at radius 2 is 2.04 bits per heavy atom. The van der Waals surface area contributed by atoms with Crippen LogP contribution in [0.25, 0.3) is 0 Å². The molecule has 0 unspecified atom stereocenters. The van der Waals surface area contributed by atoms with E-state index >= 15 is 0 Å². The van der Waals surface area contributed by atoms with Crippen LogP contribution in [0.1, 0.15) is 21.6 Å². The average Bonchev–Trinajstić information content (AvgIpc) is 3.11. The van der Waals surface area contributed by atoms with Crippen LogP contribution in [0.5, 0.6) is 5.75 Å². The SMILES string of the molecule is O=C(NN=Cc1cccc(O)c1)c1ccn(Cc2ccc([N+](=O)[O-])cc2)n1. The maximum atomic E-state index is 12.1. The molecule has 1 heterocycles. The molecule has 2 aromatic carbocycles. The number of phenols is 1. The second kappa shape index (κ2) is 7.91. The van der Waals surface area contributed by atoms with Crippen molar-refractivity contribution in [3.63, 3.8) is 0 Å². The number of aromatic hydroxyl groups is 1. The van der Waals surface area contributed by atoms with Gasteiger partial charge in [-0.05, 0) is 29.3 Å². The minimum absolute atomic E-state index is 0.0175. The Kier molecular flexibility index (Phi) is 5.22. The molecule has 0 radical (unpaired) electrons. The molecule has 0 spiro atoms. The zero-order valence-electron chi connectivity index (χ0n) is 14.0. The van der Waals surface area contributed by atoms with Crippen molar-refractivity contribution in [3.8, 4) is 5.75 Å². The van der Waals surface area contributed by atoms with Crippen LogP contribution in [0.15, 0.2) is 65.9 Å². The van der Waals surface area contributed by atoms with Gasteiger partial charge in [0.25, 0.3) is 11.6 Å². The lowest BCUT2D eigenvalue weighted by Crippen LogP contribution is -2.18. The molecule has 3 aromatic rings. The number of nitro benzene ring substituents is 1. The summed E-state index contributed by atoms with van der Waals surface area (Å²) in [5.74, 6) is -0.371. The van der Waals surface area contributed by atoms with E-state index in [-0.39, 0.29) is 17.1 Å². The van der Waals surface area contributed by atoms with Crippen molar-refractivity contribution in [2.45, 2.75) is 6.54 Å². The van der Waals surface area contributed by atoms with E-state index < -0.39 is 10.8 Å². The van der Waals surface area contributed by atoms with Gasteiger partial charge in [-0.15, -0.1) is 0 Å². The first kappa shape index (κ1) is 17.8. The summed E-state index contributed by atoms with van der Waals surface area (Å²) in [7, 11) is 0. The number of nitrogens with one attached hydrogen (secondary N) is 1. The van der Waals surface area contributed by atoms with Crippen LogP contribution in [-0.2, 0) is 6.54 Å². The molecular weight excluding hydrogens is 350 g/mol. The highest BCUT2D eigenvalue weighted by molar-refractivity contribution is 5.93. The number of nitrogens with zero attached hydrogens (tertiary/aromatic N) is 4. The van der Waals surface area contributed by atoms with E-state index in [2.05, 4.69) is 15.6 Å². The van der Waals surface area contributed by atoms with E-state index in [1.165, 1.54) is 30.5 Å². The molecule has 9 nitrogen and oxygen atoms in total. The molecule has 1 aromatic heterocycles. The first-order chi connectivity index (χ1) is 13.0. The van der Waals surface area contributed by atoms with Crippen molar-refractivity contribution in [1.29, 1.82) is 0 Å². The molecule has 0 atom stereocenters. The van der Waals surface area contributed by atoms with E-state index in [0.29, 0.717) is 12.1 Å². The Hall–Kier alpha value is -4.01. The quantitative estimate of drug-likeness (QED) is 0.394. The molecule has 0 saturated heterocycles. The number of hydrogen-bond donors (Lipinski definition) is 2. The van der Waals surface area contributed by atoms with Crippen molar-refractivity contribution < 1.29 is 14.8 Å². The van der Waals surface area contributed by atoms with E-state index in [9.17, 15) is 20.0 Å². The molecule has 1 amide bonds. The highest BCUT2D eigenvalue weighted by atomic mass is 16.6. The van der Waals surface area contributed by atoms with Crippen LogP contribution in [0.2, 0.25) is 0 Å². The fraction of sp³-hybridized carbons (Fsp3) is 0.0556. The molecular formula is C18H15N5O4. The van der Waals surface area contributed by atoms with Gasteiger partial charge in [-0.2, -0.15) is 10.2 Å². The van der Waals surface area contributed by atoms with Crippen molar-refractivity contribution in [2.75, 3.05) is 0 Å². The molecule has 3 rings (SSSR count). The largest absolute Gasteiger partial charge is 0.508 e. The molecule has 0 saturated carbocycles. The van der Waals surface area contributed by atoms with E-state index in [0.717, 1.165) is 5.56 Å². The topological polar surface area (TPSA) is 123 Å². The minimum Gasteiger partial charge on any atom is -0.508 e. The van der Waals surface area contributed by atoms with Gasteiger partial charge < -0.3 is 5.11 Å². The third kappa shape index (κ3) is 4.75. The van der Waals surface area contributed by atoms with Crippen molar-refractivity contribution in [3.05, 3.63) is 87.7 Å². The van der Waals surface area contributed by atoms with Crippen LogP contribution in [-0.4, -0.2) is 31.9 Å². The number of hydrazone groups is 1. The van der Waals surface area contributed by atoms with Crippen molar-refractivity contribution >= 4 is 17.8 Å². The van der Waals surface area contributed by atoms with Gasteiger partial charge in [0.2, 0.25) is 0 Å². The number of benzene rings is 2. The molecule has 0 aliphatic heterocycles. The minimum atomic E-state index is -0.478. The van der Waals surface area contributed by atoms with Gasteiger partial charge in [0.1, 0.15) is 5.75 Å². The molecule has 0 aliphatic carbocycles. The second-order valence-corrected chi connectivity index (χ2v) is 5.62. The fourth-order valence-corrected chi connectivity index (χ4v) is 2.31. The monoisotopic (exact) mass is 365 g/mol. The highest BCUT2D eigenvalue weighted by Gasteiger charge is 2.09. The lowest BCUT2D eigenvalue weighted by Gasteiger charge is -2.01. The normalized spacial score (nSPS) is 10.8. The first-order valence-corrected chi connectivity index (χ1v) is 7.90. The number of aromatic nitrogens is 2. The first-order valence-electron chi connectivity index (χ1n) is 7.90. The lowest BCUT2D eigenvalue weighted by atomic mass is 10.2. The summed E-state index contributed by atoms with van der Waals surface area (Å²) in [6.45, 7) is 0.373. The number of amides is 1. The van der Waals surface area contributed by atoms with Gasteiger partial charge in [0, 0.05) is 18.3 Å². The lowest BCUT2D eigenvalue weighted by molar-refractivity contribution is -0.384. The second-order valence-electron chi connectivity index (χ2n) is 5.62. The number of non-ortho nitro benzene ring substituents is 1. The van der Waals surface area contributed by atoms with Crippen LogP contribution in [0, 0.1) is 10.1 Å². The highest BCUT2D eigenvalue weighted by Crippen LogP contribution is 2.13. The predicted molar refractivity (Wildman–Crippen MR) is 97.6 cm³/mol. The maximum absolute atomic E-state index is 12.1. The van der Waals surface area contributed by atoms with Crippen LogP contribution in [0.4, 0.5) is 5.69 Å². The third-order valence-corrected chi connectivity index (χ3v) is 3.61. The summed E-state index contributed by atoms with van der Waals surface area (Å²) < 4.78 is 1.55. The summed E-state index contributed by atoms with van der Waals surface area (Å²) in [5.41, 5.74) is 4.02. The standard InChI is InChI=1S/C18H15N5O4/c24-16-3-1-2-14(10-16)11-19-20-18(25)17-8-9-22(21-17)12-13-4-6-15(7-5-13)23(26)27/h1-11,24H,12H2,(H,20,25). The summed E-state index contributed by atoms with van der Waals surface area (Å²) in [5, 5.41) is 28.0. The van der Waals surface area contributed by atoms with Crippen LogP contribution >= 0.6 is 0 Å². The maximum Gasteiger partial charge on any atom is 0.291 e. The zero-order valence-corrected chi connectivity index (χ0v) is 14.0. The third-order valence-electron chi connectivity index (χ3n) is 3.61. The Labute approximate surface area is 153 Å². The van der Waals surface area contributed by atoms with Gasteiger partial charge in [-0.1, -0.05) is 24.3 Å². The number of hydrogen-bond acceptors (Lipinski definition) is 6. The zero-order chi connectivity index (χ0) is 19.2. The molecule has 0 fully saturated rings. The Bertz CT molecular complexity index is 995. The summed E-state index contributed by atoms with van der Waals surface area (Å²) in [4.78, 5) is 22.3.